The number of imidazole rings is 1. The van der Waals surface area contributed by atoms with Gasteiger partial charge in [-0.05, 0) is 37.1 Å². The van der Waals surface area contributed by atoms with Crippen LogP contribution in [0.2, 0.25) is 0 Å². The van der Waals surface area contributed by atoms with Crippen molar-refractivity contribution >= 4 is 0 Å². The fraction of sp³-hybridized carbons (Fsp3) is 0.250. The van der Waals surface area contributed by atoms with E-state index in [1.54, 1.807) is 39.8 Å². The minimum Gasteiger partial charge on any atom is -0.508 e. The van der Waals surface area contributed by atoms with Gasteiger partial charge in [-0.3, -0.25) is 9.25 Å². The number of phenols is 1. The van der Waals surface area contributed by atoms with Crippen molar-refractivity contribution in [2.45, 2.75) is 33.4 Å². The Bertz CT molecular complexity index is 1290. The summed E-state index contributed by atoms with van der Waals surface area (Å²) in [4.78, 5) is 13.0. The Balaban J connectivity index is 1.53. The Kier molecular flexibility index (Phi) is 3.67. The van der Waals surface area contributed by atoms with Crippen LogP contribution in [0.4, 0.5) is 0 Å². The minimum atomic E-state index is -0.326. The van der Waals surface area contributed by atoms with Crippen molar-refractivity contribution in [3.05, 3.63) is 74.9 Å². The van der Waals surface area contributed by atoms with Crippen LogP contribution in [0.15, 0.2) is 39.9 Å². The van der Waals surface area contributed by atoms with Crippen LogP contribution in [-0.4, -0.2) is 34.3 Å². The van der Waals surface area contributed by atoms with Crippen LogP contribution < -0.4 is 5.69 Å². The second-order valence-corrected chi connectivity index (χ2v) is 7.30. The summed E-state index contributed by atoms with van der Waals surface area (Å²) in [5.74, 6) is 0.778. The first-order valence-corrected chi connectivity index (χ1v) is 9.21. The molecule has 1 aliphatic heterocycles. The molecule has 0 fully saturated rings. The van der Waals surface area contributed by atoms with E-state index in [-0.39, 0.29) is 17.3 Å². The Morgan fingerprint density at radius 1 is 1.21 bits per heavy atom. The molecule has 0 saturated carbocycles. The summed E-state index contributed by atoms with van der Waals surface area (Å²) in [7, 11) is 0. The second kappa shape index (κ2) is 6.13. The Morgan fingerprint density at radius 3 is 2.79 bits per heavy atom. The predicted molar refractivity (Wildman–Crippen MR) is 103 cm³/mol. The molecule has 29 heavy (non-hydrogen) atoms. The van der Waals surface area contributed by atoms with Gasteiger partial charge in [0.1, 0.15) is 11.5 Å². The molecule has 0 radical (unpaired) electrons. The largest absolute Gasteiger partial charge is 0.508 e. The monoisotopic (exact) mass is 393 g/mol. The Morgan fingerprint density at radius 2 is 2.03 bits per heavy atom. The number of fused-ring (bicyclic) bond motifs is 2. The van der Waals surface area contributed by atoms with E-state index in [9.17, 15) is 15.0 Å². The average Bonchev–Trinajstić information content (AvgIpc) is 3.34. The van der Waals surface area contributed by atoms with E-state index in [0.29, 0.717) is 30.9 Å². The molecule has 0 spiro atoms. The van der Waals surface area contributed by atoms with Gasteiger partial charge >= 0.3 is 5.69 Å². The minimum absolute atomic E-state index is 0.110. The van der Waals surface area contributed by atoms with E-state index in [1.807, 2.05) is 13.8 Å². The van der Waals surface area contributed by atoms with E-state index < -0.39 is 0 Å². The third-order valence-corrected chi connectivity index (χ3v) is 5.47. The first kappa shape index (κ1) is 17.4. The number of aromatic nitrogens is 5. The third kappa shape index (κ3) is 2.65. The average molecular weight is 393 g/mol. The lowest BCUT2D eigenvalue weighted by Gasteiger charge is -2.17. The Labute approximate surface area is 165 Å². The standard InChI is InChI=1S/C20H19N5O4/c1-11-17(12(2)29-22-11)10-23-9-15(7-21-23)25-19(27)18-6-14-5-16(26)4-3-13(14)8-24(18)20(25)28/h3-5,7,9,26-27H,6,8,10H2,1-2H3. The summed E-state index contributed by atoms with van der Waals surface area (Å²) in [5.41, 5.74) is 4.24. The van der Waals surface area contributed by atoms with Gasteiger partial charge in [-0.2, -0.15) is 5.10 Å². The van der Waals surface area contributed by atoms with Crippen molar-refractivity contribution < 1.29 is 14.7 Å². The zero-order chi connectivity index (χ0) is 20.3. The topological polar surface area (TPSA) is 111 Å². The van der Waals surface area contributed by atoms with Crippen molar-refractivity contribution in [1.82, 2.24) is 24.1 Å². The van der Waals surface area contributed by atoms with Crippen LogP contribution in [0.3, 0.4) is 0 Å². The highest BCUT2D eigenvalue weighted by Crippen LogP contribution is 2.30. The van der Waals surface area contributed by atoms with Crippen molar-refractivity contribution in [3.63, 3.8) is 0 Å². The molecule has 2 N–H and O–H groups in total. The summed E-state index contributed by atoms with van der Waals surface area (Å²) in [6.45, 7) is 4.50. The molecule has 9 heteroatoms. The third-order valence-electron chi connectivity index (χ3n) is 5.47. The van der Waals surface area contributed by atoms with Gasteiger partial charge in [-0.15, -0.1) is 0 Å². The molecule has 1 aromatic carbocycles. The fourth-order valence-corrected chi connectivity index (χ4v) is 3.87. The Hall–Kier alpha value is -3.75. The molecule has 5 rings (SSSR count). The number of hydrogen-bond donors (Lipinski definition) is 2. The van der Waals surface area contributed by atoms with Gasteiger partial charge in [0, 0.05) is 18.2 Å². The molecule has 3 aromatic heterocycles. The van der Waals surface area contributed by atoms with Gasteiger partial charge < -0.3 is 14.7 Å². The molecule has 0 saturated heterocycles. The molecule has 0 bridgehead atoms. The molecular weight excluding hydrogens is 374 g/mol. The molecule has 4 heterocycles. The molecular formula is C20H19N5O4. The molecule has 4 aromatic rings. The zero-order valence-electron chi connectivity index (χ0n) is 16.0. The first-order valence-electron chi connectivity index (χ1n) is 9.21. The lowest BCUT2D eigenvalue weighted by atomic mass is 9.99. The molecule has 1 aliphatic rings. The number of aryl methyl sites for hydroxylation is 2. The van der Waals surface area contributed by atoms with Crippen molar-refractivity contribution in [1.29, 1.82) is 0 Å². The SMILES string of the molecule is Cc1noc(C)c1Cn1cc(-n2c(O)c3n(c2=O)Cc2ccc(O)cc2C3)cn1. The lowest BCUT2D eigenvalue weighted by Crippen LogP contribution is -2.27. The maximum Gasteiger partial charge on any atom is 0.336 e. The number of aromatic hydroxyl groups is 2. The summed E-state index contributed by atoms with van der Waals surface area (Å²) in [6, 6.07) is 5.07. The highest BCUT2D eigenvalue weighted by atomic mass is 16.5. The van der Waals surface area contributed by atoms with Gasteiger partial charge in [-0.1, -0.05) is 11.2 Å². The van der Waals surface area contributed by atoms with Crippen LogP contribution in [0, 0.1) is 13.8 Å². The maximum atomic E-state index is 13.0. The van der Waals surface area contributed by atoms with Crippen LogP contribution in [-0.2, 0) is 19.5 Å². The molecule has 0 unspecified atom stereocenters. The van der Waals surface area contributed by atoms with Gasteiger partial charge in [0.25, 0.3) is 0 Å². The van der Waals surface area contributed by atoms with Gasteiger partial charge in [-0.25, -0.2) is 9.36 Å². The number of phenolic OH excluding ortho intramolecular Hbond substituents is 1. The van der Waals surface area contributed by atoms with Crippen molar-refractivity contribution in [2.75, 3.05) is 0 Å². The second-order valence-electron chi connectivity index (χ2n) is 7.30. The smallest absolute Gasteiger partial charge is 0.336 e. The van der Waals surface area contributed by atoms with E-state index in [4.69, 9.17) is 4.52 Å². The molecule has 9 nitrogen and oxygen atoms in total. The van der Waals surface area contributed by atoms with Crippen molar-refractivity contribution in [3.8, 4) is 17.3 Å². The van der Waals surface area contributed by atoms with Crippen LogP contribution >= 0.6 is 0 Å². The first-order chi connectivity index (χ1) is 13.9. The quantitative estimate of drug-likeness (QED) is 0.484. The number of hydrogen-bond acceptors (Lipinski definition) is 6. The van der Waals surface area contributed by atoms with Crippen LogP contribution in [0.25, 0.3) is 5.69 Å². The number of nitrogens with zero attached hydrogens (tertiary/aromatic N) is 5. The summed E-state index contributed by atoms with van der Waals surface area (Å²) in [5, 5.41) is 28.8. The van der Waals surface area contributed by atoms with Crippen LogP contribution in [0.5, 0.6) is 11.6 Å². The normalized spacial score (nSPS) is 12.8. The van der Waals surface area contributed by atoms with Gasteiger partial charge in [0.15, 0.2) is 0 Å². The summed E-state index contributed by atoms with van der Waals surface area (Å²) < 4.78 is 9.68. The molecule has 0 atom stereocenters. The molecule has 0 aliphatic carbocycles. The van der Waals surface area contributed by atoms with Crippen molar-refractivity contribution in [2.24, 2.45) is 0 Å². The van der Waals surface area contributed by atoms with E-state index in [1.165, 1.54) is 4.57 Å². The summed E-state index contributed by atoms with van der Waals surface area (Å²) >= 11 is 0. The number of benzene rings is 1. The van der Waals surface area contributed by atoms with Crippen LogP contribution in [0.1, 0.15) is 33.8 Å². The highest BCUT2D eigenvalue weighted by molar-refractivity contribution is 5.44. The highest BCUT2D eigenvalue weighted by Gasteiger charge is 2.26. The van der Waals surface area contributed by atoms with Gasteiger partial charge in [0.2, 0.25) is 5.88 Å². The lowest BCUT2D eigenvalue weighted by molar-refractivity contribution is 0.391. The zero-order valence-corrected chi connectivity index (χ0v) is 16.0. The van der Waals surface area contributed by atoms with E-state index >= 15 is 0 Å². The summed E-state index contributed by atoms with van der Waals surface area (Å²) in [6.07, 6.45) is 3.62. The van der Waals surface area contributed by atoms with E-state index in [0.717, 1.165) is 28.1 Å². The predicted octanol–water partition coefficient (Wildman–Crippen LogP) is 1.85. The molecule has 0 amide bonds. The maximum absolute atomic E-state index is 13.0. The van der Waals surface area contributed by atoms with E-state index in [2.05, 4.69) is 10.3 Å². The fourth-order valence-electron chi connectivity index (χ4n) is 3.87. The number of rotatable bonds is 3. The molecule has 148 valence electrons. The van der Waals surface area contributed by atoms with Gasteiger partial charge in [0.05, 0.1) is 36.4 Å².